The Kier molecular flexibility index (Phi) is 8.47. The zero-order valence-electron chi connectivity index (χ0n) is 16.3. The zero-order valence-corrected chi connectivity index (χ0v) is 16.3. The fourth-order valence-electron chi connectivity index (χ4n) is 3.01. The number of rotatable bonds is 9. The summed E-state index contributed by atoms with van der Waals surface area (Å²) in [6, 6.07) is 4.13. The lowest BCUT2D eigenvalue weighted by atomic mass is 10.2. The van der Waals surface area contributed by atoms with Crippen LogP contribution in [0, 0.1) is 5.92 Å². The third kappa shape index (κ3) is 6.37. The molecule has 0 aromatic carbocycles. The molecule has 0 aliphatic carbocycles. The first-order chi connectivity index (χ1) is 12.6. The summed E-state index contributed by atoms with van der Waals surface area (Å²) in [5, 5.41) is 9.45. The van der Waals surface area contributed by atoms with E-state index in [-0.39, 0.29) is 17.9 Å². The van der Waals surface area contributed by atoms with Crippen molar-refractivity contribution in [3.8, 4) is 0 Å². The van der Waals surface area contributed by atoms with Gasteiger partial charge in [0.2, 0.25) is 5.91 Å². The van der Waals surface area contributed by atoms with Crippen LogP contribution in [0.3, 0.4) is 0 Å². The van der Waals surface area contributed by atoms with E-state index in [0.29, 0.717) is 19.6 Å². The highest BCUT2D eigenvalue weighted by Gasteiger charge is 2.25. The maximum atomic E-state index is 11.6. The van der Waals surface area contributed by atoms with E-state index >= 15 is 0 Å². The van der Waals surface area contributed by atoms with Crippen LogP contribution in [0.4, 0.5) is 0 Å². The number of hydrogen-bond acceptors (Lipinski definition) is 4. The fourth-order valence-corrected chi connectivity index (χ4v) is 3.01. The second kappa shape index (κ2) is 10.9. The first-order valence-corrected chi connectivity index (χ1v) is 9.69. The SMILES string of the molecule is CCNC(=NCC(c1ccco1)N1CCCC1)NCCNC(=O)C(C)C. The topological polar surface area (TPSA) is 81.9 Å². The zero-order chi connectivity index (χ0) is 18.8. The molecule has 0 radical (unpaired) electrons. The molecule has 0 spiro atoms. The molecule has 1 aliphatic heterocycles. The van der Waals surface area contributed by atoms with Gasteiger partial charge in [-0.3, -0.25) is 14.7 Å². The molecule has 3 N–H and O–H groups in total. The van der Waals surface area contributed by atoms with Crippen LogP contribution in [0.25, 0.3) is 0 Å². The molecule has 0 saturated carbocycles. The van der Waals surface area contributed by atoms with Crippen LogP contribution < -0.4 is 16.0 Å². The molecule has 1 saturated heterocycles. The lowest BCUT2D eigenvalue weighted by molar-refractivity contribution is -0.123. The molecule has 0 bridgehead atoms. The van der Waals surface area contributed by atoms with Gasteiger partial charge in [0.25, 0.3) is 0 Å². The second-order valence-electron chi connectivity index (χ2n) is 6.87. The number of nitrogens with one attached hydrogen (secondary N) is 3. The summed E-state index contributed by atoms with van der Waals surface area (Å²) >= 11 is 0. The number of hydrogen-bond donors (Lipinski definition) is 3. The molecule has 7 heteroatoms. The van der Waals surface area contributed by atoms with Crippen molar-refractivity contribution in [1.82, 2.24) is 20.9 Å². The number of aliphatic imine (C=N–C) groups is 1. The largest absolute Gasteiger partial charge is 0.468 e. The number of carbonyl (C=O) groups excluding carboxylic acids is 1. The summed E-state index contributed by atoms with van der Waals surface area (Å²) in [7, 11) is 0. The Hall–Kier alpha value is -2.02. The monoisotopic (exact) mass is 363 g/mol. The van der Waals surface area contributed by atoms with Crippen LogP contribution in [-0.4, -0.2) is 56.0 Å². The van der Waals surface area contributed by atoms with E-state index in [4.69, 9.17) is 9.41 Å². The lowest BCUT2D eigenvalue weighted by Crippen LogP contribution is -2.42. The first kappa shape index (κ1) is 20.3. The highest BCUT2D eigenvalue weighted by atomic mass is 16.3. The van der Waals surface area contributed by atoms with Gasteiger partial charge in [-0.25, -0.2) is 0 Å². The van der Waals surface area contributed by atoms with E-state index < -0.39 is 0 Å². The Morgan fingerprint density at radius 3 is 2.58 bits per heavy atom. The first-order valence-electron chi connectivity index (χ1n) is 9.69. The van der Waals surface area contributed by atoms with Gasteiger partial charge in [0, 0.05) is 25.6 Å². The molecule has 1 amide bonds. The van der Waals surface area contributed by atoms with E-state index in [1.807, 2.05) is 32.9 Å². The minimum absolute atomic E-state index is 0.00594. The Morgan fingerprint density at radius 2 is 1.96 bits per heavy atom. The summed E-state index contributed by atoms with van der Waals surface area (Å²) in [5.41, 5.74) is 0. The van der Waals surface area contributed by atoms with E-state index in [2.05, 4.69) is 20.9 Å². The molecule has 1 unspecified atom stereocenters. The van der Waals surface area contributed by atoms with Crippen molar-refractivity contribution >= 4 is 11.9 Å². The normalized spacial score (nSPS) is 16.7. The standard InChI is InChI=1S/C19H33N5O2/c1-4-20-19(22-10-9-21-18(25)15(2)3)23-14-16(17-8-7-13-26-17)24-11-5-6-12-24/h7-8,13,15-16H,4-6,9-12,14H2,1-3H3,(H,21,25)(H2,20,22,23). The molecule has 1 aromatic heterocycles. The molecule has 1 atom stereocenters. The van der Waals surface area contributed by atoms with Gasteiger partial charge in [0.1, 0.15) is 5.76 Å². The molecule has 1 aliphatic rings. The van der Waals surface area contributed by atoms with Crippen LogP contribution in [-0.2, 0) is 4.79 Å². The predicted octanol–water partition coefficient (Wildman–Crippen LogP) is 1.74. The Bertz CT molecular complexity index is 550. The van der Waals surface area contributed by atoms with Gasteiger partial charge in [-0.2, -0.15) is 0 Å². The van der Waals surface area contributed by atoms with Crippen molar-refractivity contribution in [2.75, 3.05) is 39.3 Å². The van der Waals surface area contributed by atoms with Crippen molar-refractivity contribution in [2.45, 2.75) is 39.7 Å². The molecule has 1 aromatic rings. The Morgan fingerprint density at radius 1 is 1.23 bits per heavy atom. The maximum absolute atomic E-state index is 11.6. The minimum Gasteiger partial charge on any atom is -0.468 e. The summed E-state index contributed by atoms with van der Waals surface area (Å²) in [6.07, 6.45) is 4.19. The summed E-state index contributed by atoms with van der Waals surface area (Å²) in [5.74, 6) is 1.81. The lowest BCUT2D eigenvalue weighted by Gasteiger charge is -2.24. The summed E-state index contributed by atoms with van der Waals surface area (Å²) < 4.78 is 5.65. The third-order valence-corrected chi connectivity index (χ3v) is 4.46. The molecular formula is C19H33N5O2. The van der Waals surface area contributed by atoms with Gasteiger partial charge in [-0.05, 0) is 45.0 Å². The summed E-state index contributed by atoms with van der Waals surface area (Å²) in [4.78, 5) is 18.8. The quantitative estimate of drug-likeness (QED) is 0.354. The molecule has 2 rings (SSSR count). The Balaban J connectivity index is 1.89. The van der Waals surface area contributed by atoms with Gasteiger partial charge in [0.15, 0.2) is 5.96 Å². The number of carbonyl (C=O) groups is 1. The number of guanidine groups is 1. The number of likely N-dealkylation sites (tertiary alicyclic amines) is 1. The van der Waals surface area contributed by atoms with E-state index in [1.54, 1.807) is 6.26 Å². The minimum atomic E-state index is 0.00594. The fraction of sp³-hybridized carbons (Fsp3) is 0.684. The van der Waals surface area contributed by atoms with Gasteiger partial charge >= 0.3 is 0 Å². The van der Waals surface area contributed by atoms with E-state index in [0.717, 1.165) is 31.4 Å². The smallest absolute Gasteiger partial charge is 0.222 e. The van der Waals surface area contributed by atoms with Crippen molar-refractivity contribution in [3.05, 3.63) is 24.2 Å². The molecule has 26 heavy (non-hydrogen) atoms. The summed E-state index contributed by atoms with van der Waals surface area (Å²) in [6.45, 7) is 10.7. The Labute approximate surface area is 156 Å². The van der Waals surface area contributed by atoms with Gasteiger partial charge < -0.3 is 20.4 Å². The third-order valence-electron chi connectivity index (χ3n) is 4.46. The van der Waals surface area contributed by atoms with Crippen molar-refractivity contribution in [2.24, 2.45) is 10.9 Å². The van der Waals surface area contributed by atoms with E-state index in [9.17, 15) is 4.79 Å². The van der Waals surface area contributed by atoms with Crippen LogP contribution >= 0.6 is 0 Å². The highest BCUT2D eigenvalue weighted by molar-refractivity contribution is 5.80. The average Bonchev–Trinajstić information content (AvgIpc) is 3.32. The van der Waals surface area contributed by atoms with Gasteiger partial charge in [0.05, 0.1) is 18.8 Å². The van der Waals surface area contributed by atoms with Crippen LogP contribution in [0.15, 0.2) is 27.8 Å². The number of furan rings is 1. The molecule has 146 valence electrons. The second-order valence-corrected chi connectivity index (χ2v) is 6.87. The predicted molar refractivity (Wildman–Crippen MR) is 104 cm³/mol. The average molecular weight is 364 g/mol. The van der Waals surface area contributed by atoms with Gasteiger partial charge in [-0.1, -0.05) is 13.8 Å². The van der Waals surface area contributed by atoms with E-state index in [1.165, 1.54) is 12.8 Å². The van der Waals surface area contributed by atoms with Crippen LogP contribution in [0.5, 0.6) is 0 Å². The molecule has 7 nitrogen and oxygen atoms in total. The van der Waals surface area contributed by atoms with Crippen molar-refractivity contribution in [1.29, 1.82) is 0 Å². The van der Waals surface area contributed by atoms with Crippen LogP contribution in [0.2, 0.25) is 0 Å². The molecule has 1 fully saturated rings. The van der Waals surface area contributed by atoms with Crippen LogP contribution in [0.1, 0.15) is 45.4 Å². The van der Waals surface area contributed by atoms with Crippen molar-refractivity contribution < 1.29 is 9.21 Å². The number of nitrogens with zero attached hydrogens (tertiary/aromatic N) is 2. The van der Waals surface area contributed by atoms with Crippen molar-refractivity contribution in [3.63, 3.8) is 0 Å². The maximum Gasteiger partial charge on any atom is 0.222 e. The number of amides is 1. The molecule has 2 heterocycles. The molecular weight excluding hydrogens is 330 g/mol. The highest BCUT2D eigenvalue weighted by Crippen LogP contribution is 2.25. The van der Waals surface area contributed by atoms with Gasteiger partial charge in [-0.15, -0.1) is 0 Å².